The maximum atomic E-state index is 11.8. The van der Waals surface area contributed by atoms with Crippen LogP contribution in [0.5, 0.6) is 0 Å². The predicted octanol–water partition coefficient (Wildman–Crippen LogP) is 1.66. The Bertz CT molecular complexity index is 440. The van der Waals surface area contributed by atoms with Gasteiger partial charge >= 0.3 is 5.97 Å². The molecule has 0 saturated carbocycles. The molecule has 4 nitrogen and oxygen atoms in total. The van der Waals surface area contributed by atoms with Gasteiger partial charge in [0.15, 0.2) is 5.60 Å². The van der Waals surface area contributed by atoms with E-state index >= 15 is 0 Å². The molecule has 4 heteroatoms. The lowest BCUT2D eigenvalue weighted by Gasteiger charge is -2.27. The normalized spacial score (nSPS) is 27.9. The first-order valence-electron chi connectivity index (χ1n) is 5.99. The van der Waals surface area contributed by atoms with Crippen LogP contribution < -0.4 is 0 Å². The number of ether oxygens (including phenoxy) is 2. The van der Waals surface area contributed by atoms with E-state index in [1.165, 1.54) is 0 Å². The summed E-state index contributed by atoms with van der Waals surface area (Å²) in [6, 6.07) is 9.49. The monoisotopic (exact) mass is 250 g/mol. The summed E-state index contributed by atoms with van der Waals surface area (Å²) in [7, 11) is 0. The van der Waals surface area contributed by atoms with Crippen LogP contribution in [0.25, 0.3) is 0 Å². The molecule has 2 unspecified atom stereocenters. The van der Waals surface area contributed by atoms with Gasteiger partial charge in [-0.25, -0.2) is 4.79 Å². The van der Waals surface area contributed by atoms with E-state index in [1.54, 1.807) is 20.8 Å². The average Bonchev–Trinajstić information content (AvgIpc) is 2.50. The summed E-state index contributed by atoms with van der Waals surface area (Å²) in [5.41, 5.74) is -0.355. The molecule has 0 spiro atoms. The Morgan fingerprint density at radius 1 is 1.22 bits per heavy atom. The highest BCUT2D eigenvalue weighted by atomic mass is 16.8. The Morgan fingerprint density at radius 3 is 2.33 bits per heavy atom. The van der Waals surface area contributed by atoms with Gasteiger partial charge in [-0.1, -0.05) is 30.3 Å². The van der Waals surface area contributed by atoms with Crippen LogP contribution >= 0.6 is 0 Å². The zero-order valence-corrected chi connectivity index (χ0v) is 10.8. The third kappa shape index (κ3) is 2.40. The van der Waals surface area contributed by atoms with Crippen molar-refractivity contribution in [2.75, 3.05) is 0 Å². The zero-order valence-electron chi connectivity index (χ0n) is 10.8. The van der Waals surface area contributed by atoms with E-state index < -0.39 is 23.5 Å². The predicted molar refractivity (Wildman–Crippen MR) is 65.8 cm³/mol. The zero-order chi connectivity index (χ0) is 13.4. The van der Waals surface area contributed by atoms with Gasteiger partial charge in [-0.05, 0) is 12.5 Å². The van der Waals surface area contributed by atoms with Gasteiger partial charge in [0.25, 0.3) is 0 Å². The number of rotatable bonds is 3. The highest BCUT2D eigenvalue weighted by Crippen LogP contribution is 2.35. The van der Waals surface area contributed by atoms with Crippen molar-refractivity contribution < 1.29 is 19.4 Å². The Balaban J connectivity index is 2.14. The molecule has 1 aliphatic rings. The number of esters is 1. The van der Waals surface area contributed by atoms with Gasteiger partial charge in [-0.15, -0.1) is 0 Å². The van der Waals surface area contributed by atoms with Crippen molar-refractivity contribution in [1.82, 2.24) is 0 Å². The van der Waals surface area contributed by atoms with Crippen LogP contribution in [0, 0.1) is 0 Å². The second-order valence-electron chi connectivity index (χ2n) is 5.20. The topological polar surface area (TPSA) is 55.8 Å². The van der Waals surface area contributed by atoms with Crippen molar-refractivity contribution in [3.8, 4) is 0 Å². The minimum atomic E-state index is -1.31. The largest absolute Gasteiger partial charge is 0.431 e. The summed E-state index contributed by atoms with van der Waals surface area (Å²) in [5.74, 6) is -1.50. The number of carbonyl (C=O) groups excluding carboxylic acids is 1. The molecule has 1 aromatic rings. The Morgan fingerprint density at radius 2 is 1.83 bits per heavy atom. The van der Waals surface area contributed by atoms with Gasteiger partial charge in [-0.3, -0.25) is 0 Å². The third-order valence-electron chi connectivity index (χ3n) is 3.11. The molecule has 0 aromatic heterocycles. The molecule has 1 heterocycles. The average molecular weight is 250 g/mol. The number of aliphatic hydroxyl groups excluding tert-OH is 1. The Labute approximate surface area is 107 Å². The molecule has 0 amide bonds. The molecule has 1 fully saturated rings. The minimum Gasteiger partial charge on any atom is -0.431 e. The van der Waals surface area contributed by atoms with Crippen molar-refractivity contribution in [2.24, 2.45) is 0 Å². The molecule has 0 radical (unpaired) electrons. The lowest BCUT2D eigenvalue weighted by atomic mass is 9.93. The van der Waals surface area contributed by atoms with Crippen LogP contribution in [-0.2, 0) is 20.7 Å². The number of aliphatic hydroxyl groups is 1. The Kier molecular flexibility index (Phi) is 3.17. The number of carbonyl (C=O) groups is 1. The van der Waals surface area contributed by atoms with Gasteiger partial charge in [0.1, 0.15) is 0 Å². The fourth-order valence-corrected chi connectivity index (χ4v) is 2.13. The van der Waals surface area contributed by atoms with Gasteiger partial charge in [0.05, 0.1) is 6.10 Å². The molecule has 1 aliphatic heterocycles. The van der Waals surface area contributed by atoms with Crippen molar-refractivity contribution in [3.63, 3.8) is 0 Å². The van der Waals surface area contributed by atoms with Crippen LogP contribution in [-0.4, -0.2) is 28.6 Å². The first-order valence-corrected chi connectivity index (χ1v) is 5.99. The lowest BCUT2D eigenvalue weighted by molar-refractivity contribution is -0.179. The van der Waals surface area contributed by atoms with Crippen molar-refractivity contribution in [1.29, 1.82) is 0 Å². The van der Waals surface area contributed by atoms with Crippen molar-refractivity contribution in [3.05, 3.63) is 35.9 Å². The summed E-state index contributed by atoms with van der Waals surface area (Å²) in [5, 5.41) is 10.2. The Hall–Kier alpha value is -1.39. The maximum Gasteiger partial charge on any atom is 0.343 e. The van der Waals surface area contributed by atoms with E-state index in [1.807, 2.05) is 30.3 Å². The second-order valence-corrected chi connectivity index (χ2v) is 5.20. The van der Waals surface area contributed by atoms with Crippen LogP contribution in [0.1, 0.15) is 26.3 Å². The molecule has 1 aromatic carbocycles. The fraction of sp³-hybridized carbons (Fsp3) is 0.500. The smallest absolute Gasteiger partial charge is 0.343 e. The van der Waals surface area contributed by atoms with Crippen molar-refractivity contribution >= 4 is 5.97 Å². The molecular weight excluding hydrogens is 232 g/mol. The quantitative estimate of drug-likeness (QED) is 0.829. The molecular formula is C14H18O4. The van der Waals surface area contributed by atoms with Gasteiger partial charge in [-0.2, -0.15) is 0 Å². The summed E-state index contributed by atoms with van der Waals surface area (Å²) >= 11 is 0. The number of hydrogen-bond donors (Lipinski definition) is 1. The summed E-state index contributed by atoms with van der Waals surface area (Å²) in [6.45, 7) is 4.88. The molecule has 98 valence electrons. The summed E-state index contributed by atoms with van der Waals surface area (Å²) in [4.78, 5) is 11.8. The van der Waals surface area contributed by atoms with E-state index in [0.29, 0.717) is 6.42 Å². The first-order chi connectivity index (χ1) is 8.33. The highest BCUT2D eigenvalue weighted by Gasteiger charge is 2.54. The van der Waals surface area contributed by atoms with E-state index in [-0.39, 0.29) is 0 Å². The molecule has 1 saturated heterocycles. The van der Waals surface area contributed by atoms with E-state index in [9.17, 15) is 9.90 Å². The number of cyclic esters (lactones) is 1. The molecule has 1 N–H and O–H groups in total. The SMILES string of the molecule is CC1(C)OC(=O)C(C)(C(O)Cc2ccccc2)O1. The second kappa shape index (κ2) is 4.37. The maximum absolute atomic E-state index is 11.8. The first kappa shape index (κ1) is 13.1. The summed E-state index contributed by atoms with van der Waals surface area (Å²) < 4.78 is 10.7. The molecule has 18 heavy (non-hydrogen) atoms. The standard InChI is InChI=1S/C14H18O4/c1-13(2)17-12(16)14(3,18-13)11(15)9-10-7-5-4-6-8-10/h4-8,11,15H,9H2,1-3H3. The van der Waals surface area contributed by atoms with Gasteiger partial charge in [0, 0.05) is 20.3 Å². The van der Waals surface area contributed by atoms with E-state index in [2.05, 4.69) is 0 Å². The number of benzene rings is 1. The van der Waals surface area contributed by atoms with E-state index in [0.717, 1.165) is 5.56 Å². The molecule has 2 rings (SSSR count). The molecule has 2 atom stereocenters. The molecule has 0 bridgehead atoms. The summed E-state index contributed by atoms with van der Waals surface area (Å²) in [6.07, 6.45) is -0.586. The van der Waals surface area contributed by atoms with Crippen LogP contribution in [0.4, 0.5) is 0 Å². The fourth-order valence-electron chi connectivity index (χ4n) is 2.13. The number of hydrogen-bond acceptors (Lipinski definition) is 4. The van der Waals surface area contributed by atoms with Crippen molar-refractivity contribution in [2.45, 2.75) is 44.7 Å². The van der Waals surface area contributed by atoms with Gasteiger partial charge in [0.2, 0.25) is 5.79 Å². The van der Waals surface area contributed by atoms with Crippen LogP contribution in [0.15, 0.2) is 30.3 Å². The van der Waals surface area contributed by atoms with Crippen LogP contribution in [0.3, 0.4) is 0 Å². The third-order valence-corrected chi connectivity index (χ3v) is 3.11. The van der Waals surface area contributed by atoms with Crippen LogP contribution in [0.2, 0.25) is 0 Å². The van der Waals surface area contributed by atoms with E-state index in [4.69, 9.17) is 9.47 Å². The van der Waals surface area contributed by atoms with Gasteiger partial charge < -0.3 is 14.6 Å². The lowest BCUT2D eigenvalue weighted by Crippen LogP contribution is -2.47. The molecule has 0 aliphatic carbocycles. The highest BCUT2D eigenvalue weighted by molar-refractivity contribution is 5.82. The minimum absolute atomic E-state index is 0.350.